The van der Waals surface area contributed by atoms with Crippen molar-refractivity contribution in [2.45, 2.75) is 154 Å². The molecule has 0 aromatic carbocycles. The Balaban J connectivity index is 0.00000769. The van der Waals surface area contributed by atoms with E-state index in [0.29, 0.717) is 63.1 Å². The number of likely N-dealkylation sites (N-methyl/N-ethyl adjacent to an activating group) is 1. The highest BCUT2D eigenvalue weighted by molar-refractivity contribution is 6.00. The molecule has 2 unspecified atom stereocenters. The molecule has 3 saturated heterocycles. The van der Waals surface area contributed by atoms with Crippen LogP contribution in [0.25, 0.3) is 11.4 Å². The summed E-state index contributed by atoms with van der Waals surface area (Å²) in [6.07, 6.45) is 1.71. The van der Waals surface area contributed by atoms with Gasteiger partial charge in [-0.15, -0.1) is 10.2 Å². The Morgan fingerprint density at radius 2 is 1.79 bits per heavy atom. The number of hydrogen-bond donors (Lipinski definition) is 2. The van der Waals surface area contributed by atoms with Crippen molar-refractivity contribution in [3.63, 3.8) is 0 Å². The lowest BCUT2D eigenvalue weighted by molar-refractivity contribution is -0.295. The summed E-state index contributed by atoms with van der Waals surface area (Å²) in [5.74, 6) is -3.17. The molecule has 3 aliphatic rings. The highest BCUT2D eigenvalue weighted by Gasteiger charge is 2.58. The molecule has 2 N–H and O–H groups in total. The van der Waals surface area contributed by atoms with Gasteiger partial charge in [-0.05, 0) is 105 Å². The molecule has 0 saturated carbocycles. The minimum Gasteiger partial charge on any atom is -0.458 e. The van der Waals surface area contributed by atoms with Gasteiger partial charge < -0.3 is 39.0 Å². The van der Waals surface area contributed by atoms with Crippen LogP contribution in [0.4, 0.5) is 4.79 Å². The number of nitrogens with one attached hydrogen (secondary N) is 1. The minimum atomic E-state index is -1.23. The molecular weight excluding hydrogens is 748 g/mol. The largest absolute Gasteiger partial charge is 0.458 e. The predicted octanol–water partition coefficient (Wildman–Crippen LogP) is 3.74. The van der Waals surface area contributed by atoms with Crippen LogP contribution in [0.5, 0.6) is 0 Å². The average molecular weight is 817 g/mol. The van der Waals surface area contributed by atoms with Crippen molar-refractivity contribution in [1.82, 2.24) is 40.3 Å². The lowest BCUT2D eigenvalue weighted by Crippen LogP contribution is -2.61. The van der Waals surface area contributed by atoms with E-state index in [0.717, 1.165) is 0 Å². The molecule has 17 nitrogen and oxygen atoms in total. The van der Waals surface area contributed by atoms with Crippen molar-refractivity contribution < 1.29 is 44.6 Å². The number of Topliss-reactive ketones (excluding diaryl/α,β-unsaturated/α-hetero) is 1. The Kier molecular flexibility index (Phi) is 15.0. The standard InChI is InChI=1S/C41H66N8O9.H2/c1-12-32-41(8)35(49(39(53)58-41)19-14-13-18-48-23-30(45-46-48)29-16-15-17-43-44-29)28(6)42-22-24(2)21-40(7,54-11)36(26(4)33(50)27(5)37(52)56-32)57-38-34(51)31(47(9)10)20-25(3)55-38;/h15-17,23-28,31-32,34-36,38,42,51H,12-14,18-22H2,1-11H3;1H/t24-,25-,26+,27-,28-,31?,32-,34?,35-,36-,38+,40-,41-;/m1./s1. The van der Waals surface area contributed by atoms with E-state index in [1.54, 1.807) is 35.9 Å². The number of rotatable bonds is 11. The molecule has 3 aliphatic heterocycles. The van der Waals surface area contributed by atoms with Gasteiger partial charge in [0.2, 0.25) is 0 Å². The summed E-state index contributed by atoms with van der Waals surface area (Å²) in [6, 6.07) is 2.57. The maximum Gasteiger partial charge on any atom is 0.410 e. The predicted molar refractivity (Wildman–Crippen MR) is 215 cm³/mol. The highest BCUT2D eigenvalue weighted by atomic mass is 16.7. The first-order valence-electron chi connectivity index (χ1n) is 20.8. The van der Waals surface area contributed by atoms with E-state index >= 15 is 0 Å². The number of hydrogen-bond acceptors (Lipinski definition) is 15. The molecule has 5 rings (SSSR count). The average Bonchev–Trinajstić information content (AvgIpc) is 3.77. The second kappa shape index (κ2) is 19.2. The van der Waals surface area contributed by atoms with Gasteiger partial charge in [-0.1, -0.05) is 26.0 Å². The monoisotopic (exact) mass is 817 g/mol. The number of ether oxygens (including phenoxy) is 5. The smallest absolute Gasteiger partial charge is 0.410 e. The number of carbonyl (C=O) groups is 3. The van der Waals surface area contributed by atoms with E-state index in [2.05, 4.69) is 32.7 Å². The second-order valence-electron chi connectivity index (χ2n) is 17.3. The first kappa shape index (κ1) is 45.5. The molecule has 58 heavy (non-hydrogen) atoms. The molecule has 0 bridgehead atoms. The molecule has 2 aromatic rings. The Morgan fingerprint density at radius 1 is 1.07 bits per heavy atom. The van der Waals surface area contributed by atoms with Gasteiger partial charge in [-0.2, -0.15) is 5.10 Å². The molecule has 0 aliphatic carbocycles. The van der Waals surface area contributed by atoms with Crippen LogP contribution in [-0.4, -0.2) is 152 Å². The van der Waals surface area contributed by atoms with Crippen molar-refractivity contribution in [2.24, 2.45) is 17.8 Å². The number of carbonyl (C=O) groups excluding carboxylic acids is 3. The van der Waals surface area contributed by atoms with Crippen molar-refractivity contribution in [3.8, 4) is 11.4 Å². The third kappa shape index (κ3) is 9.87. The van der Waals surface area contributed by atoms with E-state index in [1.165, 1.54) is 6.92 Å². The maximum absolute atomic E-state index is 14.4. The van der Waals surface area contributed by atoms with Crippen molar-refractivity contribution in [3.05, 3.63) is 24.5 Å². The number of amides is 1. The Morgan fingerprint density at radius 3 is 2.45 bits per heavy atom. The number of aryl methyl sites for hydroxylation is 1. The maximum atomic E-state index is 14.4. The van der Waals surface area contributed by atoms with Crippen LogP contribution in [-0.2, 0) is 39.8 Å². The lowest BCUT2D eigenvalue weighted by atomic mass is 9.78. The van der Waals surface area contributed by atoms with E-state index in [1.807, 2.05) is 65.9 Å². The molecule has 17 heteroatoms. The number of aliphatic hydroxyl groups excluding tert-OH is 1. The number of fused-ring (bicyclic) bond motifs is 1. The molecule has 5 heterocycles. The van der Waals surface area contributed by atoms with Crippen LogP contribution in [0.15, 0.2) is 24.5 Å². The van der Waals surface area contributed by atoms with Crippen molar-refractivity contribution >= 4 is 17.8 Å². The van der Waals surface area contributed by atoms with Gasteiger partial charge in [0.05, 0.1) is 30.0 Å². The molecule has 0 radical (unpaired) electrons. The number of esters is 1. The topological polar surface area (TPSA) is 193 Å². The van der Waals surface area contributed by atoms with Crippen LogP contribution in [0, 0.1) is 17.8 Å². The third-order valence-electron chi connectivity index (χ3n) is 12.5. The van der Waals surface area contributed by atoms with Gasteiger partial charge in [0.15, 0.2) is 17.7 Å². The van der Waals surface area contributed by atoms with Gasteiger partial charge in [-0.3, -0.25) is 19.2 Å². The first-order valence-corrected chi connectivity index (χ1v) is 20.8. The normalized spacial score (nSPS) is 36.9. The van der Waals surface area contributed by atoms with E-state index in [-0.39, 0.29) is 25.5 Å². The van der Waals surface area contributed by atoms with Crippen LogP contribution in [0.1, 0.15) is 88.9 Å². The minimum absolute atomic E-state index is 0. The summed E-state index contributed by atoms with van der Waals surface area (Å²) < 4.78 is 33.2. The molecule has 2 aromatic heterocycles. The summed E-state index contributed by atoms with van der Waals surface area (Å²) in [4.78, 5) is 45.8. The number of aromatic nitrogens is 5. The fourth-order valence-electron chi connectivity index (χ4n) is 9.18. The van der Waals surface area contributed by atoms with Gasteiger partial charge in [0.25, 0.3) is 0 Å². The van der Waals surface area contributed by atoms with Gasteiger partial charge in [-0.25, -0.2) is 4.79 Å². The number of cyclic esters (lactones) is 1. The zero-order valence-corrected chi connectivity index (χ0v) is 36.2. The third-order valence-corrected chi connectivity index (χ3v) is 12.5. The van der Waals surface area contributed by atoms with E-state index < -0.39 is 71.5 Å². The number of aliphatic hydroxyl groups is 1. The summed E-state index contributed by atoms with van der Waals surface area (Å²) in [6.45, 7) is 16.4. The Hall–Kier alpha value is -3.61. The van der Waals surface area contributed by atoms with Gasteiger partial charge in [0.1, 0.15) is 29.5 Å². The van der Waals surface area contributed by atoms with Crippen LogP contribution < -0.4 is 5.32 Å². The summed E-state index contributed by atoms with van der Waals surface area (Å²) in [5, 5.41) is 31.6. The quantitative estimate of drug-likeness (QED) is 0.189. The number of unbranched alkanes of at least 4 members (excludes halogenated alkanes) is 1. The number of nitrogens with zero attached hydrogens (tertiary/aromatic N) is 7. The molecule has 0 spiro atoms. The van der Waals surface area contributed by atoms with Crippen LogP contribution in [0.3, 0.4) is 0 Å². The van der Waals surface area contributed by atoms with Crippen molar-refractivity contribution in [1.29, 1.82) is 0 Å². The SMILES string of the molecule is CC[C@H]1OC(=O)[C@H](C)C(=O)[C@H](C)[C@@H](O[C@@H]2O[C@H](C)CC(N(C)C)C2O)[C@](C)(OC)C[C@@H](C)CN[C@H](C)[C@H]2N(CCCCn3cc(-c4cccnn4)nn3)C(=O)O[C@]12C.[HH]. The number of ketones is 1. The lowest BCUT2D eigenvalue weighted by Gasteiger charge is -2.46. The fraction of sp³-hybridized carbons (Fsp3) is 0.780. The zero-order chi connectivity index (χ0) is 42.5. The molecule has 326 valence electrons. The highest BCUT2D eigenvalue weighted by Crippen LogP contribution is 2.40. The van der Waals surface area contributed by atoms with Gasteiger partial charge >= 0.3 is 12.1 Å². The van der Waals surface area contributed by atoms with Crippen molar-refractivity contribution in [2.75, 3.05) is 34.3 Å². The second-order valence-corrected chi connectivity index (χ2v) is 17.3. The van der Waals surface area contributed by atoms with E-state index in [4.69, 9.17) is 23.7 Å². The molecule has 1 amide bonds. The van der Waals surface area contributed by atoms with Gasteiger partial charge in [0, 0.05) is 45.8 Å². The molecule has 13 atom stereocenters. The Labute approximate surface area is 344 Å². The summed E-state index contributed by atoms with van der Waals surface area (Å²) in [7, 11) is 5.39. The van der Waals surface area contributed by atoms with E-state index in [9.17, 15) is 19.5 Å². The van der Waals surface area contributed by atoms with Crippen LogP contribution >= 0.6 is 0 Å². The Bertz CT molecular complexity index is 1690. The molecular formula is C41H68N8O9. The zero-order valence-electron chi connectivity index (χ0n) is 36.2. The molecule has 3 fully saturated rings. The van der Waals surface area contributed by atoms with Crippen LogP contribution in [0.2, 0.25) is 0 Å². The fourth-order valence-corrected chi connectivity index (χ4v) is 9.18. The first-order chi connectivity index (χ1) is 27.4. The number of methoxy groups -OCH3 is 1. The summed E-state index contributed by atoms with van der Waals surface area (Å²) >= 11 is 0. The summed E-state index contributed by atoms with van der Waals surface area (Å²) in [5.41, 5.74) is -1.02.